The van der Waals surface area contributed by atoms with Gasteiger partial charge in [-0.15, -0.1) is 11.3 Å². The van der Waals surface area contributed by atoms with Crippen LogP contribution in [0.3, 0.4) is 0 Å². The monoisotopic (exact) mass is 227 g/mol. The molecule has 1 heterocycles. The molecule has 0 radical (unpaired) electrons. The zero-order chi connectivity index (χ0) is 11.1. The molecule has 1 rings (SSSR count). The zero-order valence-electron chi connectivity index (χ0n) is 9.84. The van der Waals surface area contributed by atoms with Crippen LogP contribution < -0.4 is 10.6 Å². The predicted octanol–water partition coefficient (Wildman–Crippen LogP) is 1.44. The molecule has 15 heavy (non-hydrogen) atoms. The van der Waals surface area contributed by atoms with Gasteiger partial charge in [0.2, 0.25) is 0 Å². The van der Waals surface area contributed by atoms with Gasteiger partial charge < -0.3 is 10.6 Å². The second-order valence-corrected chi connectivity index (χ2v) is 5.04. The molecular weight excluding hydrogens is 206 g/mol. The predicted molar refractivity (Wildman–Crippen MR) is 66.5 cm³/mol. The third kappa shape index (κ3) is 5.25. The molecule has 1 unspecified atom stereocenters. The molecule has 0 aromatic carbocycles. The molecule has 0 aliphatic carbocycles. The standard InChI is InChI=1S/C11H21N3S/c1-9(6-12-3)7-13-5-4-11-8-15-10(2)14-11/h8-9,12-13H,4-7H2,1-3H3. The maximum Gasteiger partial charge on any atom is 0.0897 e. The van der Waals surface area contributed by atoms with Crippen molar-refractivity contribution in [1.82, 2.24) is 15.6 Å². The molecule has 0 amide bonds. The van der Waals surface area contributed by atoms with Gasteiger partial charge in [0, 0.05) is 18.3 Å². The zero-order valence-corrected chi connectivity index (χ0v) is 10.7. The van der Waals surface area contributed by atoms with Gasteiger partial charge in [-0.25, -0.2) is 4.98 Å². The van der Waals surface area contributed by atoms with Crippen LogP contribution in [-0.4, -0.2) is 31.7 Å². The van der Waals surface area contributed by atoms with E-state index < -0.39 is 0 Å². The lowest BCUT2D eigenvalue weighted by atomic mass is 10.2. The van der Waals surface area contributed by atoms with Crippen molar-refractivity contribution in [3.8, 4) is 0 Å². The summed E-state index contributed by atoms with van der Waals surface area (Å²) in [6.45, 7) is 7.47. The molecule has 1 aromatic heterocycles. The van der Waals surface area contributed by atoms with Crippen LogP contribution in [0, 0.1) is 12.8 Å². The number of hydrogen-bond donors (Lipinski definition) is 2. The number of aryl methyl sites for hydroxylation is 1. The first kappa shape index (κ1) is 12.6. The Bertz CT molecular complexity index is 273. The van der Waals surface area contributed by atoms with E-state index in [-0.39, 0.29) is 0 Å². The van der Waals surface area contributed by atoms with Gasteiger partial charge in [-0.2, -0.15) is 0 Å². The maximum atomic E-state index is 4.43. The SMILES string of the molecule is CNCC(C)CNCCc1csc(C)n1. The summed E-state index contributed by atoms with van der Waals surface area (Å²) in [7, 11) is 1.99. The molecule has 2 N–H and O–H groups in total. The van der Waals surface area contributed by atoms with E-state index in [2.05, 4.69) is 34.8 Å². The summed E-state index contributed by atoms with van der Waals surface area (Å²) in [5.41, 5.74) is 1.21. The lowest BCUT2D eigenvalue weighted by Crippen LogP contribution is -2.29. The van der Waals surface area contributed by atoms with Gasteiger partial charge in [0.15, 0.2) is 0 Å². The highest BCUT2D eigenvalue weighted by atomic mass is 32.1. The van der Waals surface area contributed by atoms with Crippen molar-refractivity contribution in [2.75, 3.05) is 26.7 Å². The van der Waals surface area contributed by atoms with E-state index >= 15 is 0 Å². The van der Waals surface area contributed by atoms with Crippen LogP contribution in [0.25, 0.3) is 0 Å². The Kier molecular flexibility index (Phi) is 5.83. The summed E-state index contributed by atoms with van der Waals surface area (Å²) in [6, 6.07) is 0. The van der Waals surface area contributed by atoms with Gasteiger partial charge in [0.05, 0.1) is 10.7 Å². The summed E-state index contributed by atoms with van der Waals surface area (Å²) in [5, 5.41) is 9.94. The fourth-order valence-electron chi connectivity index (χ4n) is 1.51. The molecule has 1 aromatic rings. The van der Waals surface area contributed by atoms with Gasteiger partial charge in [0.25, 0.3) is 0 Å². The molecule has 0 saturated heterocycles. The van der Waals surface area contributed by atoms with Gasteiger partial charge in [-0.1, -0.05) is 6.92 Å². The second-order valence-electron chi connectivity index (χ2n) is 3.97. The van der Waals surface area contributed by atoms with E-state index in [1.54, 1.807) is 11.3 Å². The molecule has 0 aliphatic heterocycles. The maximum absolute atomic E-state index is 4.43. The minimum Gasteiger partial charge on any atom is -0.319 e. The van der Waals surface area contributed by atoms with Gasteiger partial charge >= 0.3 is 0 Å². The number of hydrogen-bond acceptors (Lipinski definition) is 4. The smallest absolute Gasteiger partial charge is 0.0897 e. The van der Waals surface area contributed by atoms with Gasteiger partial charge in [0.1, 0.15) is 0 Å². The van der Waals surface area contributed by atoms with E-state index in [1.165, 1.54) is 5.69 Å². The van der Waals surface area contributed by atoms with E-state index in [0.717, 1.165) is 31.1 Å². The molecule has 0 spiro atoms. The fourth-order valence-corrected chi connectivity index (χ4v) is 2.16. The summed E-state index contributed by atoms with van der Waals surface area (Å²) in [6.07, 6.45) is 1.04. The first-order valence-corrected chi connectivity index (χ1v) is 6.36. The molecule has 1 atom stereocenters. The second kappa shape index (κ2) is 6.93. The quantitative estimate of drug-likeness (QED) is 0.692. The van der Waals surface area contributed by atoms with Crippen molar-refractivity contribution in [2.24, 2.45) is 5.92 Å². The minimum atomic E-state index is 0.687. The van der Waals surface area contributed by atoms with Crippen LogP contribution >= 0.6 is 11.3 Å². The highest BCUT2D eigenvalue weighted by Crippen LogP contribution is 2.07. The van der Waals surface area contributed by atoms with Crippen molar-refractivity contribution >= 4 is 11.3 Å². The van der Waals surface area contributed by atoms with E-state index in [4.69, 9.17) is 0 Å². The molecule has 86 valence electrons. The largest absolute Gasteiger partial charge is 0.319 e. The highest BCUT2D eigenvalue weighted by molar-refractivity contribution is 7.09. The first-order chi connectivity index (χ1) is 7.22. The Balaban J connectivity index is 2.06. The Morgan fingerprint density at radius 1 is 1.47 bits per heavy atom. The average molecular weight is 227 g/mol. The Morgan fingerprint density at radius 3 is 2.87 bits per heavy atom. The van der Waals surface area contributed by atoms with Crippen LogP contribution in [0.1, 0.15) is 17.6 Å². The Morgan fingerprint density at radius 2 is 2.27 bits per heavy atom. The number of nitrogens with one attached hydrogen (secondary N) is 2. The molecule has 3 nitrogen and oxygen atoms in total. The topological polar surface area (TPSA) is 37.0 Å². The highest BCUT2D eigenvalue weighted by Gasteiger charge is 2.00. The van der Waals surface area contributed by atoms with Crippen LogP contribution in [0.4, 0.5) is 0 Å². The third-order valence-corrected chi connectivity index (χ3v) is 3.09. The number of nitrogens with zero attached hydrogens (tertiary/aromatic N) is 1. The van der Waals surface area contributed by atoms with Crippen LogP contribution in [0.15, 0.2) is 5.38 Å². The van der Waals surface area contributed by atoms with Crippen LogP contribution in [0.2, 0.25) is 0 Å². The fraction of sp³-hybridized carbons (Fsp3) is 0.727. The van der Waals surface area contributed by atoms with Crippen LogP contribution in [-0.2, 0) is 6.42 Å². The van der Waals surface area contributed by atoms with Gasteiger partial charge in [-0.3, -0.25) is 0 Å². The average Bonchev–Trinajstić information content (AvgIpc) is 2.60. The number of thiazole rings is 1. The molecule has 0 aliphatic rings. The lowest BCUT2D eigenvalue weighted by Gasteiger charge is -2.11. The molecule has 0 fully saturated rings. The molecule has 0 bridgehead atoms. The van der Waals surface area contributed by atoms with Crippen molar-refractivity contribution in [2.45, 2.75) is 20.3 Å². The number of aromatic nitrogens is 1. The summed E-state index contributed by atoms with van der Waals surface area (Å²) < 4.78 is 0. The van der Waals surface area contributed by atoms with Crippen LogP contribution in [0.5, 0.6) is 0 Å². The normalized spacial score (nSPS) is 13.0. The van der Waals surface area contributed by atoms with Crippen molar-refractivity contribution in [1.29, 1.82) is 0 Å². The summed E-state index contributed by atoms with van der Waals surface area (Å²) in [4.78, 5) is 4.43. The van der Waals surface area contributed by atoms with Crippen molar-refractivity contribution in [3.63, 3.8) is 0 Å². The molecular formula is C11H21N3S. The van der Waals surface area contributed by atoms with E-state index in [9.17, 15) is 0 Å². The summed E-state index contributed by atoms with van der Waals surface area (Å²) >= 11 is 1.73. The number of rotatable bonds is 7. The third-order valence-electron chi connectivity index (χ3n) is 2.27. The summed E-state index contributed by atoms with van der Waals surface area (Å²) in [5.74, 6) is 0.687. The van der Waals surface area contributed by atoms with Crippen molar-refractivity contribution < 1.29 is 0 Å². The Hall–Kier alpha value is -0.450. The molecule has 0 saturated carbocycles. The first-order valence-electron chi connectivity index (χ1n) is 5.48. The van der Waals surface area contributed by atoms with E-state index in [1.807, 2.05) is 7.05 Å². The Labute approximate surface area is 96.3 Å². The molecule has 4 heteroatoms. The van der Waals surface area contributed by atoms with Gasteiger partial charge in [-0.05, 0) is 33.0 Å². The minimum absolute atomic E-state index is 0.687. The van der Waals surface area contributed by atoms with E-state index in [0.29, 0.717) is 5.92 Å². The lowest BCUT2D eigenvalue weighted by molar-refractivity contribution is 0.493. The van der Waals surface area contributed by atoms with Crippen molar-refractivity contribution in [3.05, 3.63) is 16.1 Å².